The highest BCUT2D eigenvalue weighted by Gasteiger charge is 2.26. The smallest absolute Gasteiger partial charge is 0.290 e. The molecule has 4 rings (SSSR count). The van der Waals surface area contributed by atoms with Crippen LogP contribution in [0.25, 0.3) is 23.0 Å². The van der Waals surface area contributed by atoms with Gasteiger partial charge < -0.3 is 4.74 Å². The molecule has 1 saturated heterocycles. The van der Waals surface area contributed by atoms with Crippen LogP contribution in [0, 0.1) is 0 Å². The third-order valence-corrected chi connectivity index (χ3v) is 5.63. The maximum atomic E-state index is 12.0. The van der Waals surface area contributed by atoms with Crippen molar-refractivity contribution >= 4 is 44.9 Å². The molecule has 29 heavy (non-hydrogen) atoms. The van der Waals surface area contributed by atoms with E-state index in [1.807, 2.05) is 61.7 Å². The minimum Gasteiger partial charge on any atom is -0.493 e. The highest BCUT2D eigenvalue weighted by molar-refractivity contribution is 9.10. The largest absolute Gasteiger partial charge is 0.493 e. The van der Waals surface area contributed by atoms with Gasteiger partial charge in [0.15, 0.2) is 0 Å². The topological polar surface area (TPSA) is 73.2 Å². The average molecular weight is 470 g/mol. The lowest BCUT2D eigenvalue weighted by Gasteiger charge is -2.07. The molecular weight excluding hydrogens is 454 g/mol. The lowest BCUT2D eigenvalue weighted by Crippen LogP contribution is -2.17. The number of amides is 2. The van der Waals surface area contributed by atoms with E-state index < -0.39 is 5.91 Å². The lowest BCUT2D eigenvalue weighted by molar-refractivity contribution is -0.115. The Bertz CT molecular complexity index is 1130. The van der Waals surface area contributed by atoms with E-state index in [4.69, 9.17) is 9.84 Å². The van der Waals surface area contributed by atoms with E-state index in [2.05, 4.69) is 21.2 Å². The number of rotatable bonds is 5. The molecule has 146 valence electrons. The van der Waals surface area contributed by atoms with Crippen LogP contribution >= 0.6 is 27.7 Å². The van der Waals surface area contributed by atoms with E-state index in [1.54, 1.807) is 10.8 Å². The van der Waals surface area contributed by atoms with Gasteiger partial charge in [0.2, 0.25) is 0 Å². The molecule has 6 nitrogen and oxygen atoms in total. The molecule has 0 aliphatic carbocycles. The van der Waals surface area contributed by atoms with E-state index in [0.29, 0.717) is 17.2 Å². The number of aromatic nitrogens is 2. The zero-order chi connectivity index (χ0) is 20.4. The second-order valence-electron chi connectivity index (χ2n) is 6.14. The van der Waals surface area contributed by atoms with Gasteiger partial charge >= 0.3 is 0 Å². The molecule has 0 saturated carbocycles. The first-order valence-electron chi connectivity index (χ1n) is 8.88. The summed E-state index contributed by atoms with van der Waals surface area (Å²) in [6, 6.07) is 15.4. The van der Waals surface area contributed by atoms with Crippen molar-refractivity contribution in [2.45, 2.75) is 6.92 Å². The van der Waals surface area contributed by atoms with Crippen LogP contribution in [0.5, 0.6) is 5.75 Å². The van der Waals surface area contributed by atoms with Crippen LogP contribution in [-0.4, -0.2) is 27.5 Å². The molecule has 2 aromatic carbocycles. The molecule has 0 bridgehead atoms. The number of halogens is 1. The predicted molar refractivity (Wildman–Crippen MR) is 117 cm³/mol. The van der Waals surface area contributed by atoms with Crippen LogP contribution in [0.15, 0.2) is 64.1 Å². The Balaban J connectivity index is 1.82. The Morgan fingerprint density at radius 3 is 2.66 bits per heavy atom. The Hall–Kier alpha value is -2.84. The van der Waals surface area contributed by atoms with Gasteiger partial charge in [-0.25, -0.2) is 4.68 Å². The molecule has 2 heterocycles. The molecule has 0 atom stereocenters. The number of hydrogen-bond acceptors (Lipinski definition) is 5. The third kappa shape index (κ3) is 4.13. The average Bonchev–Trinajstić information content (AvgIpc) is 3.27. The van der Waals surface area contributed by atoms with Crippen LogP contribution in [-0.2, 0) is 4.79 Å². The van der Waals surface area contributed by atoms with Crippen LogP contribution < -0.4 is 10.1 Å². The summed E-state index contributed by atoms with van der Waals surface area (Å²) >= 11 is 4.42. The highest BCUT2D eigenvalue weighted by Crippen LogP contribution is 2.34. The van der Waals surface area contributed by atoms with Crippen molar-refractivity contribution in [2.75, 3.05) is 6.61 Å². The highest BCUT2D eigenvalue weighted by atomic mass is 79.9. The van der Waals surface area contributed by atoms with Crippen molar-refractivity contribution in [2.24, 2.45) is 0 Å². The first-order valence-corrected chi connectivity index (χ1v) is 10.5. The third-order valence-electron chi connectivity index (χ3n) is 4.20. The molecular formula is C21H16BrN3O3S. The summed E-state index contributed by atoms with van der Waals surface area (Å²) in [5, 5.41) is 6.65. The molecule has 2 amide bonds. The summed E-state index contributed by atoms with van der Waals surface area (Å²) in [5.41, 5.74) is 3.18. The summed E-state index contributed by atoms with van der Waals surface area (Å²) in [4.78, 5) is 23.9. The number of imide groups is 1. The zero-order valence-corrected chi connectivity index (χ0v) is 17.8. The van der Waals surface area contributed by atoms with E-state index in [0.717, 1.165) is 38.8 Å². The maximum Gasteiger partial charge on any atom is 0.290 e. The zero-order valence-electron chi connectivity index (χ0n) is 15.4. The molecule has 0 unspecified atom stereocenters. The number of carbonyl (C=O) groups is 2. The van der Waals surface area contributed by atoms with Crippen molar-refractivity contribution < 1.29 is 14.3 Å². The Morgan fingerprint density at radius 2 is 2.00 bits per heavy atom. The van der Waals surface area contributed by atoms with Gasteiger partial charge in [0.1, 0.15) is 11.4 Å². The van der Waals surface area contributed by atoms with E-state index >= 15 is 0 Å². The van der Waals surface area contributed by atoms with E-state index in [9.17, 15) is 9.59 Å². The molecule has 1 N–H and O–H groups in total. The quantitative estimate of drug-likeness (QED) is 0.530. The summed E-state index contributed by atoms with van der Waals surface area (Å²) < 4.78 is 8.16. The predicted octanol–water partition coefficient (Wildman–Crippen LogP) is 5.02. The fourth-order valence-electron chi connectivity index (χ4n) is 2.91. The van der Waals surface area contributed by atoms with Crippen LogP contribution in [0.4, 0.5) is 4.79 Å². The SMILES string of the molecule is CCOc1ccc(-c2nn(-c3ccccc3)cc2C=C2SC(=O)NC2=O)cc1Br. The van der Waals surface area contributed by atoms with Crippen molar-refractivity contribution in [3.05, 3.63) is 69.7 Å². The van der Waals surface area contributed by atoms with Gasteiger partial charge in [0.25, 0.3) is 11.1 Å². The minimum atomic E-state index is -0.397. The monoisotopic (exact) mass is 469 g/mol. The maximum absolute atomic E-state index is 12.0. The molecule has 3 aromatic rings. The van der Waals surface area contributed by atoms with Crippen LogP contribution in [0.1, 0.15) is 12.5 Å². The second kappa shape index (κ2) is 8.26. The lowest BCUT2D eigenvalue weighted by atomic mass is 10.1. The Morgan fingerprint density at radius 1 is 1.21 bits per heavy atom. The standard InChI is InChI=1S/C21H16BrN3O3S/c1-2-28-17-9-8-13(10-16(17)22)19-14(11-18-20(26)23-21(27)29-18)12-25(24-19)15-6-4-3-5-7-15/h3-12H,2H2,1H3,(H,23,26,27). The summed E-state index contributed by atoms with van der Waals surface area (Å²) in [7, 11) is 0. The van der Waals surface area contributed by atoms with Gasteiger partial charge in [-0.05, 0) is 71.0 Å². The van der Waals surface area contributed by atoms with Gasteiger partial charge in [0, 0.05) is 17.3 Å². The fourth-order valence-corrected chi connectivity index (χ4v) is 4.08. The normalized spacial score (nSPS) is 15.0. The van der Waals surface area contributed by atoms with Gasteiger partial charge in [-0.1, -0.05) is 18.2 Å². The number of nitrogens with one attached hydrogen (secondary N) is 1. The number of carbonyl (C=O) groups excluding carboxylic acids is 2. The van der Waals surface area contributed by atoms with Gasteiger partial charge in [-0.3, -0.25) is 14.9 Å². The molecule has 1 aliphatic rings. The van der Waals surface area contributed by atoms with Gasteiger partial charge in [-0.2, -0.15) is 5.10 Å². The molecule has 0 radical (unpaired) electrons. The van der Waals surface area contributed by atoms with Crippen molar-refractivity contribution in [3.63, 3.8) is 0 Å². The fraction of sp³-hybridized carbons (Fsp3) is 0.0952. The van der Waals surface area contributed by atoms with Gasteiger partial charge in [-0.15, -0.1) is 0 Å². The Kier molecular flexibility index (Phi) is 5.55. The molecule has 1 aromatic heterocycles. The Labute approximate surface area is 180 Å². The minimum absolute atomic E-state index is 0.342. The van der Waals surface area contributed by atoms with Gasteiger partial charge in [0.05, 0.1) is 21.7 Å². The van der Waals surface area contributed by atoms with Crippen molar-refractivity contribution in [1.29, 1.82) is 0 Å². The molecule has 1 fully saturated rings. The van der Waals surface area contributed by atoms with Crippen LogP contribution in [0.2, 0.25) is 0 Å². The summed E-state index contributed by atoms with van der Waals surface area (Å²) in [6.07, 6.45) is 3.54. The molecule has 8 heteroatoms. The van der Waals surface area contributed by atoms with Crippen molar-refractivity contribution in [3.8, 4) is 22.7 Å². The first kappa shape index (κ1) is 19.5. The summed E-state index contributed by atoms with van der Waals surface area (Å²) in [5.74, 6) is 0.348. The second-order valence-corrected chi connectivity index (χ2v) is 8.01. The molecule has 1 aliphatic heterocycles. The summed E-state index contributed by atoms with van der Waals surface area (Å²) in [6.45, 7) is 2.50. The number of nitrogens with zero attached hydrogens (tertiary/aromatic N) is 2. The van der Waals surface area contributed by atoms with E-state index in [-0.39, 0.29) is 5.24 Å². The number of thioether (sulfide) groups is 1. The number of ether oxygens (including phenoxy) is 1. The van der Waals surface area contributed by atoms with E-state index in [1.165, 1.54) is 0 Å². The van der Waals surface area contributed by atoms with Crippen molar-refractivity contribution in [1.82, 2.24) is 15.1 Å². The number of hydrogen-bond donors (Lipinski definition) is 1. The first-order chi connectivity index (χ1) is 14.0. The number of para-hydroxylation sites is 1. The molecule has 0 spiro atoms. The van der Waals surface area contributed by atoms with Crippen LogP contribution in [0.3, 0.4) is 0 Å². The number of benzene rings is 2.